The molecule has 2 heterocycles. The van der Waals surface area contributed by atoms with E-state index >= 15 is 0 Å². The summed E-state index contributed by atoms with van der Waals surface area (Å²) in [5.41, 5.74) is 0.701. The number of aliphatic hydroxyl groups is 1. The smallest absolute Gasteiger partial charge is 0.252 e. The molecule has 2 aromatic carbocycles. The molecule has 0 radical (unpaired) electrons. The molecule has 0 aliphatic carbocycles. The van der Waals surface area contributed by atoms with Gasteiger partial charge in [-0.05, 0) is 25.1 Å². The summed E-state index contributed by atoms with van der Waals surface area (Å²) in [5.74, 6) is -3.78. The molecule has 41 heavy (non-hydrogen) atoms. The molecule has 2 atom stereocenters. The Morgan fingerprint density at radius 3 is 2.46 bits per heavy atom. The summed E-state index contributed by atoms with van der Waals surface area (Å²) in [6.45, 7) is -0.610. The summed E-state index contributed by atoms with van der Waals surface area (Å²) in [6.07, 6.45) is 0.181. The second-order valence-corrected chi connectivity index (χ2v) is 9.36. The van der Waals surface area contributed by atoms with Gasteiger partial charge in [-0.1, -0.05) is 30.3 Å². The Kier molecular flexibility index (Phi) is 8.68. The number of Topliss-reactive ketones (excluding diaryl/α,β-unsaturated/α-hetero) is 1. The van der Waals surface area contributed by atoms with Crippen molar-refractivity contribution >= 4 is 58.0 Å². The molecule has 0 bridgehead atoms. The fourth-order valence-electron chi connectivity index (χ4n) is 4.60. The third kappa shape index (κ3) is 6.36. The van der Waals surface area contributed by atoms with E-state index in [4.69, 9.17) is 0 Å². The molecule has 4 rings (SSSR count). The molecule has 0 spiro atoms. The largest absolute Gasteiger partial charge is 0.493 e. The summed E-state index contributed by atoms with van der Waals surface area (Å²) < 4.78 is 0. The van der Waals surface area contributed by atoms with Gasteiger partial charge in [0.2, 0.25) is 11.8 Å². The number of rotatable bonds is 9. The highest BCUT2D eigenvalue weighted by molar-refractivity contribution is 6.12. The van der Waals surface area contributed by atoms with E-state index in [9.17, 15) is 39.0 Å². The number of amides is 4. The van der Waals surface area contributed by atoms with Crippen LogP contribution < -0.4 is 20.4 Å². The van der Waals surface area contributed by atoms with Crippen molar-refractivity contribution < 1.29 is 39.0 Å². The van der Waals surface area contributed by atoms with Crippen LogP contribution in [0.4, 0.5) is 11.4 Å². The van der Waals surface area contributed by atoms with Crippen LogP contribution >= 0.6 is 0 Å². The first kappa shape index (κ1) is 28.8. The molecule has 1 aromatic heterocycles. The third-order valence-electron chi connectivity index (χ3n) is 6.40. The lowest BCUT2D eigenvalue weighted by atomic mass is 10.1. The number of pyridine rings is 1. The van der Waals surface area contributed by atoms with Crippen LogP contribution in [0.1, 0.15) is 23.7 Å². The zero-order valence-electron chi connectivity index (χ0n) is 21.9. The van der Waals surface area contributed by atoms with Crippen molar-refractivity contribution in [1.29, 1.82) is 0 Å². The molecule has 4 amide bonds. The van der Waals surface area contributed by atoms with Gasteiger partial charge in [-0.15, -0.1) is 0 Å². The van der Waals surface area contributed by atoms with Crippen LogP contribution in [-0.4, -0.2) is 82.7 Å². The molecule has 3 aromatic rings. The second-order valence-electron chi connectivity index (χ2n) is 9.36. The van der Waals surface area contributed by atoms with Gasteiger partial charge in [0.15, 0.2) is 0 Å². The minimum absolute atomic E-state index is 0.0186. The first-order chi connectivity index (χ1) is 19.6. The first-order valence-electron chi connectivity index (χ1n) is 12.6. The number of aldehydes is 1. The number of hydrogen-bond acceptors (Lipinski definition) is 9. The van der Waals surface area contributed by atoms with Gasteiger partial charge in [0, 0.05) is 17.9 Å². The second kappa shape index (κ2) is 12.3. The number of aromatic hydroxyl groups is 1. The van der Waals surface area contributed by atoms with Crippen LogP contribution in [0.5, 0.6) is 5.88 Å². The number of nitrogens with zero attached hydrogens (tertiary/aromatic N) is 3. The van der Waals surface area contributed by atoms with Crippen molar-refractivity contribution in [3.05, 3.63) is 60.2 Å². The fourth-order valence-corrected chi connectivity index (χ4v) is 4.60. The average molecular weight is 562 g/mol. The maximum atomic E-state index is 13.9. The predicted octanol–water partition coefficient (Wildman–Crippen LogP) is 0.0737. The van der Waals surface area contributed by atoms with E-state index in [1.165, 1.54) is 19.1 Å². The van der Waals surface area contributed by atoms with E-state index in [0.29, 0.717) is 17.2 Å². The topological polar surface area (TPSA) is 186 Å². The lowest BCUT2D eigenvalue weighted by Crippen LogP contribution is -2.55. The van der Waals surface area contributed by atoms with Crippen LogP contribution in [-0.2, 0) is 24.0 Å². The van der Waals surface area contributed by atoms with Crippen molar-refractivity contribution in [2.75, 3.05) is 29.5 Å². The molecule has 0 saturated heterocycles. The fraction of sp³-hybridized carbons (Fsp3) is 0.250. The van der Waals surface area contributed by atoms with Crippen molar-refractivity contribution in [2.24, 2.45) is 0 Å². The van der Waals surface area contributed by atoms with E-state index in [0.717, 1.165) is 15.9 Å². The first-order valence-corrected chi connectivity index (χ1v) is 12.6. The number of benzene rings is 2. The van der Waals surface area contributed by atoms with E-state index in [-0.39, 0.29) is 35.7 Å². The number of carbonyl (C=O) groups is 6. The predicted molar refractivity (Wildman–Crippen MR) is 146 cm³/mol. The molecule has 1 aliphatic rings. The van der Waals surface area contributed by atoms with E-state index in [1.54, 1.807) is 36.4 Å². The van der Waals surface area contributed by atoms with Crippen molar-refractivity contribution in [1.82, 2.24) is 15.6 Å². The van der Waals surface area contributed by atoms with Crippen LogP contribution in [0.2, 0.25) is 0 Å². The van der Waals surface area contributed by atoms with E-state index < -0.39 is 54.7 Å². The Hall–Kier alpha value is -5.17. The highest BCUT2D eigenvalue weighted by atomic mass is 16.3. The Labute approximate surface area is 233 Å². The number of hydrogen-bond donors (Lipinski definition) is 4. The minimum Gasteiger partial charge on any atom is -0.493 e. The van der Waals surface area contributed by atoms with Gasteiger partial charge in [-0.3, -0.25) is 28.9 Å². The number of aromatic nitrogens is 1. The summed E-state index contributed by atoms with van der Waals surface area (Å²) in [7, 11) is 0. The lowest BCUT2D eigenvalue weighted by Gasteiger charge is -2.25. The van der Waals surface area contributed by atoms with Gasteiger partial charge >= 0.3 is 0 Å². The maximum Gasteiger partial charge on any atom is 0.252 e. The number of nitrogens with one attached hydrogen (secondary N) is 2. The minimum atomic E-state index is -1.40. The number of anilines is 2. The molecule has 4 N–H and O–H groups in total. The van der Waals surface area contributed by atoms with Crippen LogP contribution in [0, 0.1) is 0 Å². The quantitative estimate of drug-likeness (QED) is 0.262. The number of para-hydroxylation sites is 3. The highest BCUT2D eigenvalue weighted by Gasteiger charge is 2.38. The zero-order valence-corrected chi connectivity index (χ0v) is 21.9. The Morgan fingerprint density at radius 1 is 1.10 bits per heavy atom. The highest BCUT2D eigenvalue weighted by Crippen LogP contribution is 2.33. The molecular weight excluding hydrogens is 534 g/mol. The maximum absolute atomic E-state index is 13.9. The summed E-state index contributed by atoms with van der Waals surface area (Å²) >= 11 is 0. The van der Waals surface area contributed by atoms with Crippen molar-refractivity contribution in [3.63, 3.8) is 0 Å². The lowest BCUT2D eigenvalue weighted by molar-refractivity contribution is -0.127. The number of carbonyl (C=O) groups excluding carboxylic acids is 6. The molecule has 0 unspecified atom stereocenters. The molecule has 13 nitrogen and oxygen atoms in total. The average Bonchev–Trinajstić information content (AvgIpc) is 3.06. The van der Waals surface area contributed by atoms with Gasteiger partial charge in [0.1, 0.15) is 31.3 Å². The van der Waals surface area contributed by atoms with Crippen LogP contribution in [0.25, 0.3) is 10.9 Å². The molecular formula is C28H27N5O8. The van der Waals surface area contributed by atoms with E-state index in [1.807, 2.05) is 0 Å². The number of fused-ring (bicyclic) bond motifs is 2. The van der Waals surface area contributed by atoms with Crippen LogP contribution in [0.15, 0.2) is 54.6 Å². The normalized spacial score (nSPS) is 15.5. The Bertz CT molecular complexity index is 1540. The standard InChI is InChI=1S/C28H27N5O8/c1-16(36)10-17(14-34)29-25(38)13-33-23-9-5-4-8-22(23)32(26(39)15-35)12-21(28(33)41)31-27(40)19-11-24(37)30-20-7-3-2-6-18(19)20/h2-9,11,14,17,21,35H,10,12-13,15H2,1H3,(H,29,38)(H,30,37)(H,31,40)/t17-,21-/m0/s1. The SMILES string of the molecule is CC(=O)C[C@@H](C=O)NC(=O)CN1C(=O)[C@@H](NC(=O)c2cc(O)nc3ccccc23)CN(C(=O)CO)c2ccccc21. The number of aliphatic hydroxyl groups excluding tert-OH is 1. The van der Waals surface area contributed by atoms with Gasteiger partial charge in [0.05, 0.1) is 35.0 Å². The van der Waals surface area contributed by atoms with Crippen LogP contribution in [0.3, 0.4) is 0 Å². The molecule has 0 saturated carbocycles. The molecule has 13 heteroatoms. The summed E-state index contributed by atoms with van der Waals surface area (Å²) in [5, 5.41) is 25.1. The summed E-state index contributed by atoms with van der Waals surface area (Å²) in [6, 6.07) is 11.4. The molecule has 1 aliphatic heterocycles. The van der Waals surface area contributed by atoms with Gasteiger partial charge < -0.3 is 30.5 Å². The monoisotopic (exact) mass is 561 g/mol. The van der Waals surface area contributed by atoms with Gasteiger partial charge in [-0.2, -0.15) is 0 Å². The summed E-state index contributed by atoms with van der Waals surface area (Å²) in [4.78, 5) is 82.0. The molecule has 0 fully saturated rings. The van der Waals surface area contributed by atoms with Crippen molar-refractivity contribution in [3.8, 4) is 5.88 Å². The zero-order chi connectivity index (χ0) is 29.7. The molecule has 212 valence electrons. The third-order valence-corrected chi connectivity index (χ3v) is 6.40. The number of ketones is 1. The van der Waals surface area contributed by atoms with Gasteiger partial charge in [-0.25, -0.2) is 4.98 Å². The Balaban J connectivity index is 1.71. The van der Waals surface area contributed by atoms with Crippen molar-refractivity contribution in [2.45, 2.75) is 25.4 Å². The Morgan fingerprint density at radius 2 is 1.78 bits per heavy atom. The van der Waals surface area contributed by atoms with E-state index in [2.05, 4.69) is 15.6 Å². The van der Waals surface area contributed by atoms with Gasteiger partial charge in [0.25, 0.3) is 17.7 Å².